The summed E-state index contributed by atoms with van der Waals surface area (Å²) >= 11 is 0. The summed E-state index contributed by atoms with van der Waals surface area (Å²) in [5.41, 5.74) is 28.7. The molecule has 0 aliphatic carbocycles. The molecular formula is C55H93N15O16. The molecule has 0 radical (unpaired) electrons. The number of benzene rings is 1. The molecule has 0 saturated heterocycles. The van der Waals surface area contributed by atoms with E-state index < -0.39 is 163 Å². The number of nitrogens with zero attached hydrogens (tertiary/aromatic N) is 1. The number of carbonyl (C=O) groups is 12. The second kappa shape index (κ2) is 38.7. The molecule has 31 heteroatoms. The number of aliphatic carboxylic acids is 2. The van der Waals surface area contributed by atoms with Gasteiger partial charge in [-0.2, -0.15) is 0 Å². The number of carbonyl (C=O) groups excluding carboxylic acids is 10. The van der Waals surface area contributed by atoms with Gasteiger partial charge in [-0.3, -0.25) is 62.5 Å². The molecule has 86 heavy (non-hydrogen) atoms. The van der Waals surface area contributed by atoms with Crippen molar-refractivity contribution in [1.82, 2.24) is 47.9 Å². The van der Waals surface area contributed by atoms with Crippen LogP contribution in [-0.4, -0.2) is 177 Å². The Morgan fingerprint density at radius 2 is 0.988 bits per heavy atom. The number of primary amides is 1. The highest BCUT2D eigenvalue weighted by Gasteiger charge is 2.38. The van der Waals surface area contributed by atoms with E-state index in [-0.39, 0.29) is 75.2 Å². The number of carboxylic acid groups (broad SMARTS) is 2. The second-order valence-electron chi connectivity index (χ2n) is 21.8. The van der Waals surface area contributed by atoms with E-state index in [9.17, 15) is 78.0 Å². The summed E-state index contributed by atoms with van der Waals surface area (Å²) in [6.45, 7) is 12.8. The van der Waals surface area contributed by atoms with Gasteiger partial charge in [-0.05, 0) is 101 Å². The fourth-order valence-electron chi connectivity index (χ4n) is 8.37. The summed E-state index contributed by atoms with van der Waals surface area (Å²) in [4.78, 5) is 165. The van der Waals surface area contributed by atoms with E-state index in [1.807, 2.05) is 0 Å². The van der Waals surface area contributed by atoms with Gasteiger partial charge in [0.15, 0.2) is 5.96 Å². The highest BCUT2D eigenvalue weighted by molar-refractivity contribution is 5.99. The smallest absolute Gasteiger partial charge is 0.325 e. The Labute approximate surface area is 500 Å². The first-order chi connectivity index (χ1) is 40.3. The number of rotatable bonds is 41. The van der Waals surface area contributed by atoms with Crippen LogP contribution in [0.1, 0.15) is 132 Å². The molecule has 1 aromatic rings. The Hall–Kier alpha value is -8.19. The number of nitrogens with one attached hydrogen (secondary N) is 9. The Morgan fingerprint density at radius 3 is 1.48 bits per heavy atom. The number of unbranched alkanes of at least 4 members (excludes halogenated alkanes) is 1. The molecule has 31 nitrogen and oxygen atoms in total. The summed E-state index contributed by atoms with van der Waals surface area (Å²) in [5, 5.41) is 61.9. The quantitative estimate of drug-likeness (QED) is 0.0170. The van der Waals surface area contributed by atoms with Gasteiger partial charge in [0.1, 0.15) is 60.1 Å². The molecule has 23 N–H and O–H groups in total. The van der Waals surface area contributed by atoms with Crippen molar-refractivity contribution >= 4 is 77.0 Å². The molecule has 0 fully saturated rings. The van der Waals surface area contributed by atoms with Crippen molar-refractivity contribution in [3.8, 4) is 5.75 Å². The first-order valence-corrected chi connectivity index (χ1v) is 28.7. The van der Waals surface area contributed by atoms with Crippen molar-refractivity contribution in [3.63, 3.8) is 0 Å². The number of phenols is 1. The molecule has 0 unspecified atom stereocenters. The van der Waals surface area contributed by atoms with Gasteiger partial charge in [-0.1, -0.05) is 66.5 Å². The molecule has 0 aliphatic rings. The van der Waals surface area contributed by atoms with Crippen LogP contribution in [-0.2, 0) is 64.0 Å². The van der Waals surface area contributed by atoms with Gasteiger partial charge in [-0.15, -0.1) is 0 Å². The van der Waals surface area contributed by atoms with Gasteiger partial charge < -0.3 is 96.9 Å². The number of phenolic OH excluding ortho intramolecular Hbond substituents is 1. The third-order valence-corrected chi connectivity index (χ3v) is 14.0. The number of aliphatic hydroxyl groups excluding tert-OH is 1. The Morgan fingerprint density at radius 1 is 0.535 bits per heavy atom. The number of hydrogen-bond acceptors (Lipinski definition) is 17. The number of aromatic hydroxyl groups is 1. The fourth-order valence-corrected chi connectivity index (χ4v) is 8.37. The van der Waals surface area contributed by atoms with Crippen LogP contribution < -0.4 is 76.5 Å². The topological polar surface area (TPSA) is 536 Å². The van der Waals surface area contributed by atoms with Crippen LogP contribution in [0.25, 0.3) is 0 Å². The van der Waals surface area contributed by atoms with E-state index in [0.717, 1.165) is 0 Å². The molecule has 0 aromatic heterocycles. The molecular weight excluding hydrogens is 1130 g/mol. The van der Waals surface area contributed by atoms with E-state index in [4.69, 9.17) is 28.7 Å². The van der Waals surface area contributed by atoms with E-state index in [1.165, 1.54) is 38.1 Å². The number of nitrogens with two attached hydrogens (primary N) is 5. The summed E-state index contributed by atoms with van der Waals surface area (Å²) in [6.07, 6.45) is -2.81. The molecule has 484 valence electrons. The molecule has 0 saturated carbocycles. The van der Waals surface area contributed by atoms with Crippen LogP contribution in [0.3, 0.4) is 0 Å². The monoisotopic (exact) mass is 1220 g/mol. The van der Waals surface area contributed by atoms with E-state index in [2.05, 4.69) is 52.8 Å². The standard InChI is InChI=1S/C55H93N15O16/c1-9-28(5)42(58)51(82)70-44(31(8)71)53(84)65-36(20-21-41(74)75)47(78)67-38(25-32-16-18-33(72)19-17-32)49(80)66-37(24-27(3)4)48(79)64-35(15-13-23-61-55(59)60)45(76)63-34(14-11-12-22-56)46(77)68-39(26-40(57)73)50(81)69-43(29(6)10-2)52(83)62-30(7)54(85)86/h16-19,27-31,34-39,42-44,71-72H,9-15,20-26,56,58H2,1-8H3,(H2,57,73)(H,62,83)(H,63,76)(H,64,79)(H,65,84)(H,66,80)(H,67,78)(H,68,77)(H,69,81)(H,70,82)(H,74,75)(H,85,86)(H4,59,60,61)/t28-,29-,30-,31+,34-,35-,36-,37-,38-,39-,42-,43-,44-/m0/s1. The highest BCUT2D eigenvalue weighted by Crippen LogP contribution is 2.16. The van der Waals surface area contributed by atoms with Gasteiger partial charge in [0.2, 0.25) is 59.1 Å². The third-order valence-electron chi connectivity index (χ3n) is 14.0. The van der Waals surface area contributed by atoms with Crippen LogP contribution in [0.4, 0.5) is 0 Å². The average Bonchev–Trinajstić information content (AvgIpc) is 3.61. The van der Waals surface area contributed by atoms with Crippen LogP contribution in [0.5, 0.6) is 5.75 Å². The Balaban J connectivity index is 3.79. The van der Waals surface area contributed by atoms with Crippen molar-refractivity contribution in [2.24, 2.45) is 51.4 Å². The predicted molar refractivity (Wildman–Crippen MR) is 314 cm³/mol. The Bertz CT molecular complexity index is 2480. The number of aliphatic imine (C=N–C) groups is 1. The lowest BCUT2D eigenvalue weighted by atomic mass is 9.97. The van der Waals surface area contributed by atoms with Crippen LogP contribution in [0, 0.1) is 17.8 Å². The van der Waals surface area contributed by atoms with Crippen LogP contribution in [0.15, 0.2) is 29.3 Å². The first-order valence-electron chi connectivity index (χ1n) is 28.7. The zero-order chi connectivity index (χ0) is 65.5. The second-order valence-corrected chi connectivity index (χ2v) is 21.8. The normalized spacial score (nSPS) is 15.7. The highest BCUT2D eigenvalue weighted by atomic mass is 16.4. The predicted octanol–water partition coefficient (Wildman–Crippen LogP) is -3.83. The van der Waals surface area contributed by atoms with Gasteiger partial charge in [0, 0.05) is 19.4 Å². The minimum Gasteiger partial charge on any atom is -0.508 e. The molecule has 0 bridgehead atoms. The molecule has 0 heterocycles. The lowest BCUT2D eigenvalue weighted by Gasteiger charge is -2.29. The lowest BCUT2D eigenvalue weighted by molar-refractivity contribution is -0.142. The molecule has 1 aromatic carbocycles. The summed E-state index contributed by atoms with van der Waals surface area (Å²) < 4.78 is 0. The number of amides is 10. The van der Waals surface area contributed by atoms with Crippen LogP contribution in [0.2, 0.25) is 0 Å². The van der Waals surface area contributed by atoms with Gasteiger partial charge >= 0.3 is 11.9 Å². The van der Waals surface area contributed by atoms with Gasteiger partial charge in [-0.25, -0.2) is 0 Å². The molecule has 1 rings (SSSR count). The average molecular weight is 1220 g/mol. The SMILES string of the molecule is CC[C@H](C)[C@H](N)C(=O)N[C@H](C(=O)N[C@@H](CCC(=O)O)C(=O)N[C@@H](Cc1ccc(O)cc1)C(=O)N[C@@H](CC(C)C)C(=O)N[C@@H](CCCN=C(N)N)C(=O)N[C@@H](CCCCN)C(=O)N[C@@H](CC(N)=O)C(=O)N[C@H](C(=O)N[C@@H](C)C(=O)O)[C@@H](C)CC)[C@@H](C)O. The van der Waals surface area contributed by atoms with E-state index >= 15 is 0 Å². The third kappa shape index (κ3) is 28.1. The Kier molecular flexibility index (Phi) is 34.1. The molecule has 0 spiro atoms. The minimum atomic E-state index is -1.72. The van der Waals surface area contributed by atoms with E-state index in [1.54, 1.807) is 41.5 Å². The number of carboxylic acids is 2. The van der Waals surface area contributed by atoms with Crippen molar-refractivity contribution in [2.45, 2.75) is 199 Å². The van der Waals surface area contributed by atoms with Crippen molar-refractivity contribution in [3.05, 3.63) is 29.8 Å². The molecule has 0 aliphatic heterocycles. The largest absolute Gasteiger partial charge is 0.508 e. The van der Waals surface area contributed by atoms with Crippen molar-refractivity contribution in [2.75, 3.05) is 13.1 Å². The lowest BCUT2D eigenvalue weighted by Crippen LogP contribution is -2.62. The maximum absolute atomic E-state index is 14.6. The maximum atomic E-state index is 14.6. The van der Waals surface area contributed by atoms with Crippen molar-refractivity contribution in [1.29, 1.82) is 0 Å². The number of hydrogen-bond donors (Lipinski definition) is 18. The fraction of sp³-hybridized carbons (Fsp3) is 0.655. The number of aliphatic hydroxyl groups is 1. The first kappa shape index (κ1) is 75.8. The summed E-state index contributed by atoms with van der Waals surface area (Å²) in [5.74, 6) is -14.2. The zero-order valence-corrected chi connectivity index (χ0v) is 50.3. The zero-order valence-electron chi connectivity index (χ0n) is 50.3. The van der Waals surface area contributed by atoms with Gasteiger partial charge in [0.25, 0.3) is 0 Å². The molecule has 10 amide bonds. The minimum absolute atomic E-state index is 0.0450. The number of guanidine groups is 1. The summed E-state index contributed by atoms with van der Waals surface area (Å²) in [6, 6.07) is -9.46. The summed E-state index contributed by atoms with van der Waals surface area (Å²) in [7, 11) is 0. The van der Waals surface area contributed by atoms with Crippen molar-refractivity contribution < 1.29 is 78.0 Å². The van der Waals surface area contributed by atoms with E-state index in [0.29, 0.717) is 24.8 Å². The van der Waals surface area contributed by atoms with Crippen LogP contribution >= 0.6 is 0 Å². The van der Waals surface area contributed by atoms with Gasteiger partial charge in [0.05, 0.1) is 18.6 Å². The molecule has 13 atom stereocenters. The maximum Gasteiger partial charge on any atom is 0.325 e.